The second kappa shape index (κ2) is 6.25. The molecule has 0 radical (unpaired) electrons. The first-order valence-corrected chi connectivity index (χ1v) is 6.81. The number of alkyl halides is 3. The van der Waals surface area contributed by atoms with Gasteiger partial charge in [-0.2, -0.15) is 18.3 Å². The van der Waals surface area contributed by atoms with Crippen molar-refractivity contribution in [1.29, 1.82) is 0 Å². The Balaban J connectivity index is 2.40. The normalized spacial score (nSPS) is 18.3. The maximum Gasteiger partial charge on any atom is 0.419 e. The smallest absolute Gasteiger partial charge is 0.419 e. The van der Waals surface area contributed by atoms with Crippen LogP contribution in [0.2, 0.25) is 0 Å². The van der Waals surface area contributed by atoms with Crippen LogP contribution in [0.25, 0.3) is 0 Å². The van der Waals surface area contributed by atoms with Crippen LogP contribution in [0.15, 0.2) is 23.3 Å². The number of nitrogens with zero attached hydrogens (tertiary/aromatic N) is 1. The van der Waals surface area contributed by atoms with Crippen LogP contribution in [-0.2, 0) is 6.18 Å². The minimum Gasteiger partial charge on any atom is -0.493 e. The molecule has 0 spiro atoms. The zero-order valence-electron chi connectivity index (χ0n) is 12.1. The number of ether oxygens (including phenoxy) is 1. The number of carbonyl (C=O) groups is 1. The first-order chi connectivity index (χ1) is 10.3. The summed E-state index contributed by atoms with van der Waals surface area (Å²) in [5, 5.41) is 6.36. The van der Waals surface area contributed by atoms with Gasteiger partial charge >= 0.3 is 12.2 Å². The highest BCUT2D eigenvalue weighted by atomic mass is 19.4. The van der Waals surface area contributed by atoms with Gasteiger partial charge in [-0.3, -0.25) is 0 Å². The third kappa shape index (κ3) is 3.49. The summed E-state index contributed by atoms with van der Waals surface area (Å²) in [7, 11) is 0. The Morgan fingerprint density at radius 3 is 2.68 bits per heavy atom. The fourth-order valence-corrected chi connectivity index (χ4v) is 2.07. The molecule has 22 heavy (non-hydrogen) atoms. The van der Waals surface area contributed by atoms with Crippen LogP contribution in [0.1, 0.15) is 31.4 Å². The van der Waals surface area contributed by atoms with Gasteiger partial charge in [0.1, 0.15) is 5.75 Å². The van der Waals surface area contributed by atoms with Gasteiger partial charge in [-0.15, -0.1) is 0 Å². The molecule has 1 aliphatic rings. The Morgan fingerprint density at radius 1 is 1.36 bits per heavy atom. The number of hydrazone groups is 1. The molecule has 1 atom stereocenters. The maximum absolute atomic E-state index is 13.2. The number of amides is 2. The van der Waals surface area contributed by atoms with E-state index in [4.69, 9.17) is 4.74 Å². The van der Waals surface area contributed by atoms with Crippen LogP contribution in [-0.4, -0.2) is 24.4 Å². The largest absolute Gasteiger partial charge is 0.493 e. The van der Waals surface area contributed by atoms with Gasteiger partial charge in [0, 0.05) is 5.56 Å². The van der Waals surface area contributed by atoms with E-state index in [1.165, 1.54) is 12.1 Å². The van der Waals surface area contributed by atoms with Crippen molar-refractivity contribution < 1.29 is 22.7 Å². The van der Waals surface area contributed by atoms with E-state index >= 15 is 0 Å². The molecule has 2 amide bonds. The van der Waals surface area contributed by atoms with Crippen LogP contribution in [0, 0.1) is 0 Å². The minimum absolute atomic E-state index is 0.206. The lowest BCUT2D eigenvalue weighted by Crippen LogP contribution is -2.48. The lowest BCUT2D eigenvalue weighted by molar-refractivity contribution is -0.139. The molecule has 0 aromatic heterocycles. The summed E-state index contributed by atoms with van der Waals surface area (Å²) in [6.07, 6.45) is -3.92. The van der Waals surface area contributed by atoms with E-state index in [0.717, 1.165) is 6.07 Å². The number of urea groups is 1. The van der Waals surface area contributed by atoms with Crippen LogP contribution in [0.5, 0.6) is 5.75 Å². The summed E-state index contributed by atoms with van der Waals surface area (Å²) < 4.78 is 44.7. The number of rotatable bonds is 4. The van der Waals surface area contributed by atoms with Crippen molar-refractivity contribution in [3.63, 3.8) is 0 Å². The molecule has 120 valence electrons. The standard InChI is InChI=1S/C14H16F3N3O2/c1-3-6-22-11-5-4-9(7-10(11)14(15,16)17)12-8(2)18-13(21)20-19-12/h4-5,7-8H,3,6H2,1-2H3,(H2,18,20,21)/t8-/m0/s1. The average Bonchev–Trinajstić information content (AvgIpc) is 2.44. The van der Waals surface area contributed by atoms with E-state index in [1.807, 2.05) is 6.92 Å². The monoisotopic (exact) mass is 315 g/mol. The van der Waals surface area contributed by atoms with Crippen LogP contribution in [0.4, 0.5) is 18.0 Å². The zero-order valence-corrected chi connectivity index (χ0v) is 12.1. The molecule has 0 saturated heterocycles. The van der Waals surface area contributed by atoms with Crippen LogP contribution < -0.4 is 15.5 Å². The highest BCUT2D eigenvalue weighted by molar-refractivity contribution is 6.07. The van der Waals surface area contributed by atoms with Crippen LogP contribution >= 0.6 is 0 Å². The summed E-state index contributed by atoms with van der Waals surface area (Å²) in [6.45, 7) is 3.66. The number of hydrogen-bond donors (Lipinski definition) is 2. The number of hydrogen-bond acceptors (Lipinski definition) is 3. The topological polar surface area (TPSA) is 62.7 Å². The van der Waals surface area contributed by atoms with Gasteiger partial charge in [0.25, 0.3) is 0 Å². The van der Waals surface area contributed by atoms with E-state index in [9.17, 15) is 18.0 Å². The SMILES string of the molecule is CCCOc1ccc(C2=NNC(=O)N[C@H]2C)cc1C(F)(F)F. The number of carbonyl (C=O) groups excluding carboxylic acids is 1. The van der Waals surface area contributed by atoms with E-state index in [2.05, 4.69) is 15.8 Å². The molecule has 0 saturated carbocycles. The van der Waals surface area contributed by atoms with Crippen molar-refractivity contribution in [2.24, 2.45) is 5.10 Å². The highest BCUT2D eigenvalue weighted by Gasteiger charge is 2.35. The van der Waals surface area contributed by atoms with Crippen molar-refractivity contribution in [2.75, 3.05) is 6.61 Å². The molecule has 0 bridgehead atoms. The molecule has 2 N–H and O–H groups in total. The van der Waals surface area contributed by atoms with E-state index in [-0.39, 0.29) is 17.9 Å². The lowest BCUT2D eigenvalue weighted by atomic mass is 10.0. The summed E-state index contributed by atoms with van der Waals surface area (Å²) >= 11 is 0. The lowest BCUT2D eigenvalue weighted by Gasteiger charge is -2.22. The average molecular weight is 315 g/mol. The second-order valence-electron chi connectivity index (χ2n) is 4.86. The van der Waals surface area contributed by atoms with Gasteiger partial charge in [-0.25, -0.2) is 10.2 Å². The molecular formula is C14H16F3N3O2. The van der Waals surface area contributed by atoms with Gasteiger partial charge in [-0.1, -0.05) is 6.92 Å². The van der Waals surface area contributed by atoms with Crippen molar-refractivity contribution in [3.8, 4) is 5.75 Å². The van der Waals surface area contributed by atoms with Gasteiger partial charge in [0.05, 0.1) is 23.9 Å². The molecule has 1 aromatic rings. The van der Waals surface area contributed by atoms with Crippen molar-refractivity contribution in [2.45, 2.75) is 32.5 Å². The summed E-state index contributed by atoms with van der Waals surface area (Å²) in [4.78, 5) is 11.1. The zero-order chi connectivity index (χ0) is 16.3. The number of halogens is 3. The fraction of sp³-hybridized carbons (Fsp3) is 0.429. The highest BCUT2D eigenvalue weighted by Crippen LogP contribution is 2.37. The molecule has 5 nitrogen and oxygen atoms in total. The predicted molar refractivity (Wildman–Crippen MR) is 74.9 cm³/mol. The Kier molecular flexibility index (Phi) is 4.58. The molecule has 0 aliphatic carbocycles. The first kappa shape index (κ1) is 16.1. The Morgan fingerprint density at radius 2 is 2.09 bits per heavy atom. The molecule has 1 heterocycles. The summed E-state index contributed by atoms with van der Waals surface area (Å²) in [6, 6.07) is 2.78. The van der Waals surface area contributed by atoms with E-state index in [1.54, 1.807) is 6.92 Å². The second-order valence-corrected chi connectivity index (χ2v) is 4.86. The van der Waals surface area contributed by atoms with Crippen molar-refractivity contribution >= 4 is 11.7 Å². The Labute approximate surface area is 125 Å². The minimum atomic E-state index is -4.53. The van der Waals surface area contributed by atoms with Gasteiger partial charge in [0.2, 0.25) is 0 Å². The Bertz CT molecular complexity index is 599. The molecular weight excluding hydrogens is 299 g/mol. The quantitative estimate of drug-likeness (QED) is 0.897. The number of nitrogens with one attached hydrogen (secondary N) is 2. The van der Waals surface area contributed by atoms with Crippen molar-refractivity contribution in [1.82, 2.24) is 10.7 Å². The molecule has 8 heteroatoms. The predicted octanol–water partition coefficient (Wildman–Crippen LogP) is 2.90. The Hall–Kier alpha value is -2.25. The van der Waals surface area contributed by atoms with Crippen LogP contribution in [0.3, 0.4) is 0 Å². The van der Waals surface area contributed by atoms with Crippen molar-refractivity contribution in [3.05, 3.63) is 29.3 Å². The third-order valence-corrected chi connectivity index (χ3v) is 3.08. The molecule has 1 aromatic carbocycles. The van der Waals surface area contributed by atoms with Gasteiger partial charge < -0.3 is 10.1 Å². The summed E-state index contributed by atoms with van der Waals surface area (Å²) in [5.74, 6) is -0.209. The molecule has 0 fully saturated rings. The van der Waals surface area contributed by atoms with Gasteiger partial charge in [0.15, 0.2) is 0 Å². The fourth-order valence-electron chi connectivity index (χ4n) is 2.07. The third-order valence-electron chi connectivity index (χ3n) is 3.08. The van der Waals surface area contributed by atoms with Gasteiger partial charge in [-0.05, 0) is 31.5 Å². The van der Waals surface area contributed by atoms with E-state index in [0.29, 0.717) is 12.1 Å². The molecule has 2 rings (SSSR count). The first-order valence-electron chi connectivity index (χ1n) is 6.81. The van der Waals surface area contributed by atoms with E-state index < -0.39 is 23.8 Å². The maximum atomic E-state index is 13.2. The number of benzene rings is 1. The molecule has 0 unspecified atom stereocenters. The molecule has 1 aliphatic heterocycles. The summed E-state index contributed by atoms with van der Waals surface area (Å²) in [5.41, 5.74) is 1.94.